The molecule has 0 aliphatic rings. The van der Waals surface area contributed by atoms with Crippen molar-refractivity contribution < 1.29 is 9.59 Å². The predicted octanol–water partition coefficient (Wildman–Crippen LogP) is 3.10. The van der Waals surface area contributed by atoms with Crippen LogP contribution in [-0.4, -0.2) is 23.0 Å². The lowest BCUT2D eigenvalue weighted by atomic mass is 10.2. The van der Waals surface area contributed by atoms with Gasteiger partial charge in [0.15, 0.2) is 0 Å². The second-order valence-corrected chi connectivity index (χ2v) is 5.86. The third-order valence-electron chi connectivity index (χ3n) is 3.18. The van der Waals surface area contributed by atoms with Gasteiger partial charge in [0.05, 0.1) is 6.42 Å². The average molecular weight is 326 g/mol. The van der Waals surface area contributed by atoms with Gasteiger partial charge in [-0.25, -0.2) is 4.79 Å². The van der Waals surface area contributed by atoms with Gasteiger partial charge in [-0.3, -0.25) is 9.78 Å². The van der Waals surface area contributed by atoms with Crippen LogP contribution in [0.5, 0.6) is 0 Å². The molecule has 6 nitrogen and oxygen atoms in total. The van der Waals surface area contributed by atoms with E-state index in [1.54, 1.807) is 30.5 Å². The molecule has 0 bridgehead atoms. The van der Waals surface area contributed by atoms with Crippen molar-refractivity contribution >= 4 is 23.3 Å². The van der Waals surface area contributed by atoms with Gasteiger partial charge in [-0.2, -0.15) is 0 Å². The molecule has 3 amide bonds. The minimum atomic E-state index is -0.256. The standard InChI is InChI=1S/C18H22N4O2/c1-12(2)20-18(24)22-16-8-6-15(7-9-16)21-17(23)10-14-5-4-13(3)19-11-14/h4-9,11-12H,10H2,1-3H3,(H,21,23)(H2,20,22,24). The Labute approximate surface area is 141 Å². The van der Waals surface area contributed by atoms with Gasteiger partial charge in [-0.15, -0.1) is 0 Å². The number of rotatable bonds is 5. The topological polar surface area (TPSA) is 83.1 Å². The van der Waals surface area contributed by atoms with Crippen LogP contribution in [0, 0.1) is 6.92 Å². The summed E-state index contributed by atoms with van der Waals surface area (Å²) in [6, 6.07) is 10.6. The number of hydrogen-bond acceptors (Lipinski definition) is 3. The van der Waals surface area contributed by atoms with Crippen molar-refractivity contribution in [3.05, 3.63) is 53.9 Å². The first kappa shape index (κ1) is 17.5. The Morgan fingerprint density at radius 1 is 1.00 bits per heavy atom. The van der Waals surface area contributed by atoms with Crippen LogP contribution >= 0.6 is 0 Å². The van der Waals surface area contributed by atoms with Crippen LogP contribution in [0.25, 0.3) is 0 Å². The highest BCUT2D eigenvalue weighted by molar-refractivity contribution is 5.93. The fraction of sp³-hybridized carbons (Fsp3) is 0.278. The monoisotopic (exact) mass is 326 g/mol. The number of amides is 3. The molecule has 1 aromatic heterocycles. The van der Waals surface area contributed by atoms with E-state index < -0.39 is 0 Å². The Balaban J connectivity index is 1.87. The molecule has 2 rings (SSSR count). The van der Waals surface area contributed by atoms with Crippen LogP contribution in [0.4, 0.5) is 16.2 Å². The molecular weight excluding hydrogens is 304 g/mol. The third kappa shape index (κ3) is 5.72. The number of carbonyl (C=O) groups excluding carboxylic acids is 2. The molecule has 6 heteroatoms. The zero-order valence-electron chi connectivity index (χ0n) is 14.1. The van der Waals surface area contributed by atoms with Gasteiger partial charge < -0.3 is 16.0 Å². The molecule has 0 fully saturated rings. The Kier molecular flexibility index (Phi) is 5.89. The molecule has 1 aromatic carbocycles. The molecule has 126 valence electrons. The number of aryl methyl sites for hydroxylation is 1. The molecule has 0 saturated heterocycles. The molecule has 0 aliphatic heterocycles. The van der Waals surface area contributed by atoms with Crippen LogP contribution in [0.3, 0.4) is 0 Å². The maximum Gasteiger partial charge on any atom is 0.319 e. The van der Waals surface area contributed by atoms with Gasteiger partial charge in [0, 0.05) is 29.3 Å². The van der Waals surface area contributed by atoms with E-state index in [4.69, 9.17) is 0 Å². The Morgan fingerprint density at radius 3 is 2.17 bits per heavy atom. The number of nitrogens with zero attached hydrogens (tertiary/aromatic N) is 1. The largest absolute Gasteiger partial charge is 0.336 e. The maximum atomic E-state index is 12.0. The summed E-state index contributed by atoms with van der Waals surface area (Å²) in [5.74, 6) is -0.112. The van der Waals surface area contributed by atoms with E-state index in [-0.39, 0.29) is 24.4 Å². The second kappa shape index (κ2) is 8.10. The van der Waals surface area contributed by atoms with Crippen molar-refractivity contribution in [1.29, 1.82) is 0 Å². The third-order valence-corrected chi connectivity index (χ3v) is 3.18. The number of hydrogen-bond donors (Lipinski definition) is 3. The normalized spacial score (nSPS) is 10.3. The molecular formula is C18H22N4O2. The van der Waals surface area contributed by atoms with Crippen LogP contribution in [0.1, 0.15) is 25.1 Å². The molecule has 24 heavy (non-hydrogen) atoms. The van der Waals surface area contributed by atoms with Gasteiger partial charge in [0.2, 0.25) is 5.91 Å². The molecule has 3 N–H and O–H groups in total. The van der Waals surface area contributed by atoms with Gasteiger partial charge in [0.25, 0.3) is 0 Å². The summed E-state index contributed by atoms with van der Waals surface area (Å²) >= 11 is 0. The van der Waals surface area contributed by atoms with Crippen LogP contribution < -0.4 is 16.0 Å². The van der Waals surface area contributed by atoms with Crippen molar-refractivity contribution in [2.24, 2.45) is 0 Å². The van der Waals surface area contributed by atoms with Crippen molar-refractivity contribution in [2.75, 3.05) is 10.6 Å². The minimum Gasteiger partial charge on any atom is -0.336 e. The molecule has 0 spiro atoms. The SMILES string of the molecule is Cc1ccc(CC(=O)Nc2ccc(NC(=O)NC(C)C)cc2)cn1. The van der Waals surface area contributed by atoms with E-state index in [1.807, 2.05) is 32.9 Å². The number of benzene rings is 1. The predicted molar refractivity (Wildman–Crippen MR) is 95.0 cm³/mol. The van der Waals surface area contributed by atoms with E-state index in [0.29, 0.717) is 11.4 Å². The lowest BCUT2D eigenvalue weighted by Gasteiger charge is -2.11. The van der Waals surface area contributed by atoms with Crippen molar-refractivity contribution in [3.63, 3.8) is 0 Å². The van der Waals surface area contributed by atoms with Crippen LogP contribution in [-0.2, 0) is 11.2 Å². The zero-order chi connectivity index (χ0) is 17.5. The Hall–Kier alpha value is -2.89. The highest BCUT2D eigenvalue weighted by Gasteiger charge is 2.06. The summed E-state index contributed by atoms with van der Waals surface area (Å²) < 4.78 is 0. The summed E-state index contributed by atoms with van der Waals surface area (Å²) in [4.78, 5) is 27.8. The number of pyridine rings is 1. The fourth-order valence-corrected chi connectivity index (χ4v) is 2.06. The fourth-order valence-electron chi connectivity index (χ4n) is 2.06. The smallest absolute Gasteiger partial charge is 0.319 e. The van der Waals surface area contributed by atoms with Crippen LogP contribution in [0.15, 0.2) is 42.6 Å². The maximum absolute atomic E-state index is 12.0. The zero-order valence-corrected chi connectivity index (χ0v) is 14.1. The van der Waals surface area contributed by atoms with E-state index in [0.717, 1.165) is 11.3 Å². The van der Waals surface area contributed by atoms with E-state index in [9.17, 15) is 9.59 Å². The minimum absolute atomic E-state index is 0.0693. The van der Waals surface area contributed by atoms with Crippen molar-refractivity contribution in [1.82, 2.24) is 10.3 Å². The molecule has 0 unspecified atom stereocenters. The first-order valence-electron chi connectivity index (χ1n) is 7.81. The van der Waals surface area contributed by atoms with Crippen LogP contribution in [0.2, 0.25) is 0 Å². The van der Waals surface area contributed by atoms with Gasteiger partial charge in [-0.1, -0.05) is 6.07 Å². The quantitative estimate of drug-likeness (QED) is 0.789. The summed E-state index contributed by atoms with van der Waals surface area (Å²) in [6.07, 6.45) is 1.97. The number of nitrogens with one attached hydrogen (secondary N) is 3. The Morgan fingerprint density at radius 2 is 1.62 bits per heavy atom. The van der Waals surface area contributed by atoms with Gasteiger partial charge >= 0.3 is 6.03 Å². The summed E-state index contributed by atoms with van der Waals surface area (Å²) in [5, 5.41) is 8.29. The van der Waals surface area contributed by atoms with Crippen molar-refractivity contribution in [2.45, 2.75) is 33.2 Å². The molecule has 2 aromatic rings. The molecule has 0 radical (unpaired) electrons. The average Bonchev–Trinajstić information content (AvgIpc) is 2.51. The molecule has 1 heterocycles. The molecule has 0 aliphatic carbocycles. The molecule has 0 saturated carbocycles. The van der Waals surface area contributed by atoms with Gasteiger partial charge in [0.1, 0.15) is 0 Å². The number of anilines is 2. The van der Waals surface area contributed by atoms with Crippen molar-refractivity contribution in [3.8, 4) is 0 Å². The second-order valence-electron chi connectivity index (χ2n) is 5.86. The molecule has 0 atom stereocenters. The first-order chi connectivity index (χ1) is 11.4. The highest BCUT2D eigenvalue weighted by Crippen LogP contribution is 2.14. The van der Waals surface area contributed by atoms with Gasteiger partial charge in [-0.05, 0) is 56.7 Å². The summed E-state index contributed by atoms with van der Waals surface area (Å²) in [7, 11) is 0. The number of carbonyl (C=O) groups is 2. The summed E-state index contributed by atoms with van der Waals surface area (Å²) in [5.41, 5.74) is 3.12. The van der Waals surface area contributed by atoms with E-state index >= 15 is 0 Å². The van der Waals surface area contributed by atoms with E-state index in [1.165, 1.54) is 0 Å². The number of aromatic nitrogens is 1. The Bertz CT molecular complexity index is 694. The lowest BCUT2D eigenvalue weighted by Crippen LogP contribution is -2.34. The van der Waals surface area contributed by atoms with E-state index in [2.05, 4.69) is 20.9 Å². The first-order valence-corrected chi connectivity index (χ1v) is 7.81. The highest BCUT2D eigenvalue weighted by atomic mass is 16.2. The number of urea groups is 1. The summed E-state index contributed by atoms with van der Waals surface area (Å²) in [6.45, 7) is 5.68. The lowest BCUT2D eigenvalue weighted by molar-refractivity contribution is -0.115.